The molecule has 2 amide bonds. The number of carbonyl (C=O) groups excluding carboxylic acids is 2. The Labute approximate surface area is 193 Å². The molecule has 0 aliphatic heterocycles. The number of nitrogens with zero attached hydrogens (tertiary/aromatic N) is 2. The standard InChI is InChI=1S/C25H27ClN4O2/c1-18-8-10-21(11-9-18)17-30-25(26)22(19(2)29-30)12-13-23(31)27-14-15-28-24(32)16-20-6-4-3-5-7-20/h3-13H,14-17H2,1-2H3,(H,27,31)(H,28,32)/b13-12+. The number of rotatable bonds is 9. The van der Waals surface area contributed by atoms with Crippen LogP contribution in [0.2, 0.25) is 5.15 Å². The van der Waals surface area contributed by atoms with Gasteiger partial charge in [0, 0.05) is 24.7 Å². The lowest BCUT2D eigenvalue weighted by Gasteiger charge is -2.06. The molecule has 0 aliphatic carbocycles. The average molecular weight is 451 g/mol. The third-order valence-corrected chi connectivity index (χ3v) is 5.32. The normalized spacial score (nSPS) is 11.0. The lowest BCUT2D eigenvalue weighted by atomic mass is 10.1. The summed E-state index contributed by atoms with van der Waals surface area (Å²) in [5.41, 5.74) is 4.71. The van der Waals surface area contributed by atoms with Gasteiger partial charge in [-0.1, -0.05) is 71.8 Å². The molecule has 0 fully saturated rings. The Morgan fingerprint density at radius 3 is 2.38 bits per heavy atom. The number of benzene rings is 2. The van der Waals surface area contributed by atoms with E-state index in [0.29, 0.717) is 36.8 Å². The van der Waals surface area contributed by atoms with Crippen molar-refractivity contribution in [2.45, 2.75) is 26.8 Å². The van der Waals surface area contributed by atoms with Gasteiger partial charge >= 0.3 is 0 Å². The van der Waals surface area contributed by atoms with Crippen LogP contribution in [0.1, 0.15) is 27.9 Å². The summed E-state index contributed by atoms with van der Waals surface area (Å²) in [6.07, 6.45) is 3.41. The molecule has 0 saturated carbocycles. The van der Waals surface area contributed by atoms with Crippen molar-refractivity contribution in [1.82, 2.24) is 20.4 Å². The third kappa shape index (κ3) is 6.82. The summed E-state index contributed by atoms with van der Waals surface area (Å²) in [7, 11) is 0. The van der Waals surface area contributed by atoms with Crippen LogP contribution in [0, 0.1) is 13.8 Å². The molecule has 7 heteroatoms. The average Bonchev–Trinajstić information content (AvgIpc) is 3.04. The Hall–Kier alpha value is -3.38. The second-order valence-corrected chi connectivity index (χ2v) is 7.93. The molecule has 0 spiro atoms. The maximum atomic E-state index is 12.1. The number of aryl methyl sites for hydroxylation is 2. The predicted molar refractivity (Wildman–Crippen MR) is 127 cm³/mol. The molecular formula is C25H27ClN4O2. The van der Waals surface area contributed by atoms with Crippen molar-refractivity contribution >= 4 is 29.5 Å². The zero-order valence-corrected chi connectivity index (χ0v) is 19.0. The van der Waals surface area contributed by atoms with Gasteiger partial charge in [-0.25, -0.2) is 4.68 Å². The van der Waals surface area contributed by atoms with E-state index in [1.807, 2.05) is 56.3 Å². The maximum Gasteiger partial charge on any atom is 0.244 e. The maximum absolute atomic E-state index is 12.1. The zero-order valence-electron chi connectivity index (χ0n) is 18.3. The largest absolute Gasteiger partial charge is 0.354 e. The number of halogens is 1. The Bertz CT molecular complexity index is 1090. The van der Waals surface area contributed by atoms with Crippen molar-refractivity contribution in [3.8, 4) is 0 Å². The minimum Gasteiger partial charge on any atom is -0.354 e. The van der Waals surface area contributed by atoms with Gasteiger partial charge in [-0.15, -0.1) is 0 Å². The molecule has 3 aromatic rings. The van der Waals surface area contributed by atoms with E-state index in [4.69, 9.17) is 11.6 Å². The third-order valence-electron chi connectivity index (χ3n) is 4.92. The van der Waals surface area contributed by atoms with E-state index in [0.717, 1.165) is 16.8 Å². The first-order chi connectivity index (χ1) is 15.4. The Morgan fingerprint density at radius 1 is 0.969 bits per heavy atom. The van der Waals surface area contributed by atoms with Crippen LogP contribution >= 0.6 is 11.6 Å². The summed E-state index contributed by atoms with van der Waals surface area (Å²) in [5, 5.41) is 10.5. The fraction of sp³-hybridized carbons (Fsp3) is 0.240. The van der Waals surface area contributed by atoms with Crippen molar-refractivity contribution < 1.29 is 9.59 Å². The predicted octanol–water partition coefficient (Wildman–Crippen LogP) is 3.69. The fourth-order valence-corrected chi connectivity index (χ4v) is 3.47. The first-order valence-electron chi connectivity index (χ1n) is 10.5. The van der Waals surface area contributed by atoms with Crippen LogP contribution in [0.3, 0.4) is 0 Å². The van der Waals surface area contributed by atoms with Crippen LogP contribution in [0.4, 0.5) is 0 Å². The number of nitrogens with one attached hydrogen (secondary N) is 2. The van der Waals surface area contributed by atoms with E-state index in [1.54, 1.807) is 10.8 Å². The number of hydrogen-bond donors (Lipinski definition) is 2. The highest BCUT2D eigenvalue weighted by atomic mass is 35.5. The Balaban J connectivity index is 1.46. The first kappa shape index (κ1) is 23.3. The van der Waals surface area contributed by atoms with Crippen LogP contribution < -0.4 is 10.6 Å². The SMILES string of the molecule is Cc1ccc(Cn2nc(C)c(/C=C/C(=O)NCCNC(=O)Cc3ccccc3)c2Cl)cc1. The van der Waals surface area contributed by atoms with Gasteiger partial charge in [-0.2, -0.15) is 5.10 Å². The van der Waals surface area contributed by atoms with Gasteiger partial charge in [0.1, 0.15) is 5.15 Å². The van der Waals surface area contributed by atoms with Crippen LogP contribution in [-0.4, -0.2) is 34.7 Å². The van der Waals surface area contributed by atoms with Gasteiger partial charge in [-0.3, -0.25) is 9.59 Å². The van der Waals surface area contributed by atoms with Crippen molar-refractivity contribution in [2.24, 2.45) is 0 Å². The highest BCUT2D eigenvalue weighted by Crippen LogP contribution is 2.22. The number of amides is 2. The molecule has 0 aliphatic rings. The van der Waals surface area contributed by atoms with Gasteiger partial charge in [-0.05, 0) is 31.1 Å². The molecule has 0 radical (unpaired) electrons. The minimum absolute atomic E-state index is 0.0793. The lowest BCUT2D eigenvalue weighted by molar-refractivity contribution is -0.121. The van der Waals surface area contributed by atoms with Crippen LogP contribution in [0.15, 0.2) is 60.7 Å². The molecule has 0 bridgehead atoms. The summed E-state index contributed by atoms with van der Waals surface area (Å²) in [6, 6.07) is 17.7. The second-order valence-electron chi connectivity index (χ2n) is 7.57. The monoisotopic (exact) mass is 450 g/mol. The van der Waals surface area contributed by atoms with Gasteiger partial charge in [0.15, 0.2) is 0 Å². The van der Waals surface area contributed by atoms with Gasteiger partial charge in [0.25, 0.3) is 0 Å². The Morgan fingerprint density at radius 2 is 1.66 bits per heavy atom. The molecule has 3 rings (SSSR count). The molecule has 0 unspecified atom stereocenters. The van der Waals surface area contributed by atoms with Gasteiger partial charge < -0.3 is 10.6 Å². The van der Waals surface area contributed by atoms with Crippen molar-refractivity contribution in [3.05, 3.63) is 93.8 Å². The number of carbonyl (C=O) groups is 2. The summed E-state index contributed by atoms with van der Waals surface area (Å²) >= 11 is 6.49. The van der Waals surface area contributed by atoms with Crippen molar-refractivity contribution in [2.75, 3.05) is 13.1 Å². The number of hydrogen-bond acceptors (Lipinski definition) is 3. The number of aromatic nitrogens is 2. The molecule has 166 valence electrons. The smallest absolute Gasteiger partial charge is 0.244 e. The van der Waals surface area contributed by atoms with Crippen molar-refractivity contribution in [1.29, 1.82) is 0 Å². The van der Waals surface area contributed by atoms with E-state index in [2.05, 4.69) is 27.9 Å². The van der Waals surface area contributed by atoms with E-state index < -0.39 is 0 Å². The minimum atomic E-state index is -0.260. The molecule has 6 nitrogen and oxygen atoms in total. The highest BCUT2D eigenvalue weighted by molar-refractivity contribution is 6.31. The molecule has 1 aromatic heterocycles. The summed E-state index contributed by atoms with van der Waals surface area (Å²) in [5.74, 6) is -0.339. The molecule has 0 atom stereocenters. The van der Waals surface area contributed by atoms with Gasteiger partial charge in [0.2, 0.25) is 11.8 Å². The van der Waals surface area contributed by atoms with Gasteiger partial charge in [0.05, 0.1) is 18.7 Å². The molecule has 2 aromatic carbocycles. The van der Waals surface area contributed by atoms with Crippen LogP contribution in [0.5, 0.6) is 0 Å². The highest BCUT2D eigenvalue weighted by Gasteiger charge is 2.12. The fourth-order valence-electron chi connectivity index (χ4n) is 3.18. The molecule has 1 heterocycles. The molecule has 32 heavy (non-hydrogen) atoms. The lowest BCUT2D eigenvalue weighted by Crippen LogP contribution is -2.34. The molecule has 2 N–H and O–H groups in total. The quantitative estimate of drug-likeness (QED) is 0.385. The van der Waals surface area contributed by atoms with E-state index in [1.165, 1.54) is 11.6 Å². The zero-order chi connectivity index (χ0) is 22.9. The second kappa shape index (κ2) is 11.3. The van der Waals surface area contributed by atoms with Crippen molar-refractivity contribution in [3.63, 3.8) is 0 Å². The molecule has 0 saturated heterocycles. The van der Waals surface area contributed by atoms with Crippen LogP contribution in [-0.2, 0) is 22.6 Å². The first-order valence-corrected chi connectivity index (χ1v) is 10.8. The van der Waals surface area contributed by atoms with E-state index >= 15 is 0 Å². The van der Waals surface area contributed by atoms with E-state index in [9.17, 15) is 9.59 Å². The van der Waals surface area contributed by atoms with Crippen LogP contribution in [0.25, 0.3) is 6.08 Å². The summed E-state index contributed by atoms with van der Waals surface area (Å²) < 4.78 is 1.72. The summed E-state index contributed by atoms with van der Waals surface area (Å²) in [4.78, 5) is 24.1. The van der Waals surface area contributed by atoms with E-state index in [-0.39, 0.29) is 11.8 Å². The summed E-state index contributed by atoms with van der Waals surface area (Å²) in [6.45, 7) is 5.16. The Kier molecular flexibility index (Phi) is 8.22. The topological polar surface area (TPSA) is 76.0 Å². The molecular weight excluding hydrogens is 424 g/mol.